The molecule has 0 aromatic heterocycles. The Bertz CT molecular complexity index is 941. The highest BCUT2D eigenvalue weighted by atomic mass is 16.2. The van der Waals surface area contributed by atoms with Crippen LogP contribution in [-0.2, 0) is 16.0 Å². The first-order valence-corrected chi connectivity index (χ1v) is 11.6. The summed E-state index contributed by atoms with van der Waals surface area (Å²) in [4.78, 5) is 28.3. The van der Waals surface area contributed by atoms with Crippen molar-refractivity contribution in [3.05, 3.63) is 65.7 Å². The molecule has 0 bridgehead atoms. The van der Waals surface area contributed by atoms with E-state index in [0.29, 0.717) is 17.9 Å². The van der Waals surface area contributed by atoms with Crippen molar-refractivity contribution in [3.63, 3.8) is 0 Å². The average molecular weight is 418 g/mol. The molecule has 2 N–H and O–H groups in total. The van der Waals surface area contributed by atoms with Crippen molar-refractivity contribution in [1.29, 1.82) is 0 Å². The van der Waals surface area contributed by atoms with Crippen LogP contribution >= 0.6 is 0 Å². The zero-order valence-corrected chi connectivity index (χ0v) is 17.9. The third-order valence-corrected chi connectivity index (χ3v) is 7.35. The van der Waals surface area contributed by atoms with Crippen LogP contribution in [0.3, 0.4) is 0 Å². The van der Waals surface area contributed by atoms with Gasteiger partial charge in [0.2, 0.25) is 11.8 Å². The molecule has 2 aromatic rings. The quantitative estimate of drug-likeness (QED) is 0.755. The van der Waals surface area contributed by atoms with Gasteiger partial charge in [0.1, 0.15) is 0 Å². The van der Waals surface area contributed by atoms with E-state index in [9.17, 15) is 9.59 Å². The van der Waals surface area contributed by atoms with Gasteiger partial charge in [0.25, 0.3) is 0 Å². The Balaban J connectivity index is 1.35. The van der Waals surface area contributed by atoms with Gasteiger partial charge in [-0.25, -0.2) is 0 Å². The molecule has 2 aliphatic heterocycles. The van der Waals surface area contributed by atoms with E-state index in [1.807, 2.05) is 24.3 Å². The van der Waals surface area contributed by atoms with Crippen LogP contribution in [-0.4, -0.2) is 42.4 Å². The van der Waals surface area contributed by atoms with Gasteiger partial charge in [0, 0.05) is 24.7 Å². The molecule has 1 aliphatic carbocycles. The average Bonchev–Trinajstić information content (AvgIpc) is 3.18. The van der Waals surface area contributed by atoms with Gasteiger partial charge in [0.15, 0.2) is 0 Å². The molecule has 1 saturated carbocycles. The fourth-order valence-corrected chi connectivity index (χ4v) is 5.36. The summed E-state index contributed by atoms with van der Waals surface area (Å²) in [7, 11) is 0. The number of nitrogens with one attached hydrogen (secondary N) is 2. The van der Waals surface area contributed by atoms with Crippen molar-refractivity contribution in [2.45, 2.75) is 44.1 Å². The van der Waals surface area contributed by atoms with Crippen molar-refractivity contribution in [1.82, 2.24) is 10.2 Å². The Morgan fingerprint density at radius 2 is 1.71 bits per heavy atom. The molecule has 2 amide bonds. The van der Waals surface area contributed by atoms with Gasteiger partial charge in [-0.2, -0.15) is 0 Å². The lowest BCUT2D eigenvalue weighted by Crippen LogP contribution is -2.50. The standard InChI is InChI=1S/C26H31N3O2/c30-25-14-23(22-11-4-5-12-24(22)28-25)26(31)29(21-9-6-10-21)17-20-16-27-15-19(20)13-18-7-2-1-3-8-18/h1-5,7-8,11-12,19-21,23,27H,6,9-10,13-17H2,(H,28,30)/t19-,20+,23?/m1/s1. The van der Waals surface area contributed by atoms with Crippen LogP contribution in [0.1, 0.15) is 42.7 Å². The third kappa shape index (κ3) is 4.24. The number of amides is 2. The highest BCUT2D eigenvalue weighted by Gasteiger charge is 2.40. The first kappa shape index (κ1) is 20.3. The summed E-state index contributed by atoms with van der Waals surface area (Å²) < 4.78 is 0. The van der Waals surface area contributed by atoms with E-state index in [0.717, 1.165) is 50.1 Å². The summed E-state index contributed by atoms with van der Waals surface area (Å²) in [5.74, 6) is 0.678. The van der Waals surface area contributed by atoms with Crippen molar-refractivity contribution in [3.8, 4) is 0 Å². The van der Waals surface area contributed by atoms with Crippen LogP contribution in [0.2, 0.25) is 0 Å². The summed E-state index contributed by atoms with van der Waals surface area (Å²) in [6.07, 6.45) is 4.63. The number of hydrogen-bond donors (Lipinski definition) is 2. The van der Waals surface area contributed by atoms with Crippen LogP contribution < -0.4 is 10.6 Å². The van der Waals surface area contributed by atoms with Gasteiger partial charge in [-0.15, -0.1) is 0 Å². The number of para-hydroxylation sites is 1. The fourth-order valence-electron chi connectivity index (χ4n) is 5.36. The van der Waals surface area contributed by atoms with Gasteiger partial charge >= 0.3 is 0 Å². The molecule has 1 unspecified atom stereocenters. The summed E-state index contributed by atoms with van der Waals surface area (Å²) in [6, 6.07) is 18.7. The molecule has 2 heterocycles. The van der Waals surface area contributed by atoms with Crippen LogP contribution in [0.25, 0.3) is 0 Å². The lowest BCUT2D eigenvalue weighted by atomic mass is 9.83. The number of fused-ring (bicyclic) bond motifs is 1. The molecule has 3 atom stereocenters. The molecule has 2 aromatic carbocycles. The highest BCUT2D eigenvalue weighted by Crippen LogP contribution is 2.37. The lowest BCUT2D eigenvalue weighted by Gasteiger charge is -2.42. The van der Waals surface area contributed by atoms with Crippen molar-refractivity contribution in [2.75, 3.05) is 25.0 Å². The van der Waals surface area contributed by atoms with E-state index < -0.39 is 0 Å². The lowest BCUT2D eigenvalue weighted by molar-refractivity contribution is -0.139. The van der Waals surface area contributed by atoms with Gasteiger partial charge in [-0.1, -0.05) is 48.5 Å². The first-order valence-electron chi connectivity index (χ1n) is 11.6. The Morgan fingerprint density at radius 1 is 0.968 bits per heavy atom. The molecular formula is C26H31N3O2. The maximum absolute atomic E-state index is 13.8. The van der Waals surface area contributed by atoms with E-state index in [1.54, 1.807) is 0 Å². The Kier molecular flexibility index (Phi) is 5.77. The van der Waals surface area contributed by atoms with Crippen LogP contribution in [0, 0.1) is 11.8 Å². The zero-order chi connectivity index (χ0) is 21.2. The van der Waals surface area contributed by atoms with E-state index in [-0.39, 0.29) is 24.2 Å². The number of anilines is 1. The van der Waals surface area contributed by atoms with Crippen LogP contribution in [0.5, 0.6) is 0 Å². The summed E-state index contributed by atoms with van der Waals surface area (Å²) in [5.41, 5.74) is 3.11. The predicted molar refractivity (Wildman–Crippen MR) is 122 cm³/mol. The van der Waals surface area contributed by atoms with Gasteiger partial charge in [-0.05, 0) is 67.8 Å². The minimum absolute atomic E-state index is 0.0601. The van der Waals surface area contributed by atoms with Crippen LogP contribution in [0.4, 0.5) is 5.69 Å². The fraction of sp³-hybridized carbons (Fsp3) is 0.462. The molecule has 2 fully saturated rings. The van der Waals surface area contributed by atoms with Crippen LogP contribution in [0.15, 0.2) is 54.6 Å². The van der Waals surface area contributed by atoms with Crippen molar-refractivity contribution in [2.24, 2.45) is 11.8 Å². The Morgan fingerprint density at radius 3 is 2.48 bits per heavy atom. The molecular weight excluding hydrogens is 386 g/mol. The summed E-state index contributed by atoms with van der Waals surface area (Å²) in [6.45, 7) is 2.74. The second-order valence-electron chi connectivity index (χ2n) is 9.34. The van der Waals surface area contributed by atoms with Crippen molar-refractivity contribution < 1.29 is 9.59 Å². The van der Waals surface area contributed by atoms with E-state index in [2.05, 4.69) is 45.9 Å². The molecule has 3 aliphatic rings. The van der Waals surface area contributed by atoms with Crippen molar-refractivity contribution >= 4 is 17.5 Å². The number of nitrogens with zero attached hydrogens (tertiary/aromatic N) is 1. The topological polar surface area (TPSA) is 61.4 Å². The Labute approximate surface area is 184 Å². The predicted octanol–water partition coefficient (Wildman–Crippen LogP) is 3.57. The number of benzene rings is 2. The first-order chi connectivity index (χ1) is 15.2. The highest BCUT2D eigenvalue weighted by molar-refractivity contribution is 6.01. The molecule has 5 rings (SSSR count). The van der Waals surface area contributed by atoms with Gasteiger partial charge in [-0.3, -0.25) is 9.59 Å². The zero-order valence-electron chi connectivity index (χ0n) is 17.9. The number of carbonyl (C=O) groups is 2. The van der Waals surface area contributed by atoms with Gasteiger partial charge in [0.05, 0.1) is 5.92 Å². The smallest absolute Gasteiger partial charge is 0.230 e. The van der Waals surface area contributed by atoms with E-state index >= 15 is 0 Å². The van der Waals surface area contributed by atoms with Gasteiger partial charge < -0.3 is 15.5 Å². The SMILES string of the molecule is O=C1CC(C(=O)N(C[C@@H]2CNC[C@H]2Cc2ccccc2)C2CCC2)c2ccccc2N1. The Hall–Kier alpha value is -2.66. The number of rotatable bonds is 6. The molecule has 0 radical (unpaired) electrons. The number of hydrogen-bond acceptors (Lipinski definition) is 3. The maximum atomic E-state index is 13.8. The third-order valence-electron chi connectivity index (χ3n) is 7.35. The maximum Gasteiger partial charge on any atom is 0.230 e. The summed E-state index contributed by atoms with van der Waals surface area (Å²) in [5, 5.41) is 6.49. The normalized spacial score (nSPS) is 25.4. The minimum atomic E-state index is -0.368. The summed E-state index contributed by atoms with van der Waals surface area (Å²) >= 11 is 0. The van der Waals surface area contributed by atoms with E-state index in [4.69, 9.17) is 0 Å². The molecule has 1 saturated heterocycles. The second kappa shape index (κ2) is 8.83. The molecule has 162 valence electrons. The van der Waals surface area contributed by atoms with E-state index in [1.165, 1.54) is 12.0 Å². The number of carbonyl (C=O) groups excluding carboxylic acids is 2. The monoisotopic (exact) mass is 417 g/mol. The molecule has 5 heteroatoms. The molecule has 5 nitrogen and oxygen atoms in total. The molecule has 0 spiro atoms. The second-order valence-corrected chi connectivity index (χ2v) is 9.34. The minimum Gasteiger partial charge on any atom is -0.339 e. The largest absolute Gasteiger partial charge is 0.339 e. The molecule has 31 heavy (non-hydrogen) atoms.